The lowest BCUT2D eigenvalue weighted by atomic mass is 9.96. The van der Waals surface area contributed by atoms with E-state index in [9.17, 15) is 0 Å². The minimum Gasteiger partial charge on any atom is -0.494 e. The number of hydrogen-bond acceptors (Lipinski definition) is 3. The Balaban J connectivity index is 1.82. The van der Waals surface area contributed by atoms with Crippen LogP contribution in [0, 0.1) is 13.8 Å². The zero-order valence-electron chi connectivity index (χ0n) is 17.9. The number of nitrogens with zero attached hydrogens (tertiary/aromatic N) is 3. The van der Waals surface area contributed by atoms with Crippen molar-refractivity contribution in [3.8, 4) is 5.75 Å². The average molecular weight is 421 g/mol. The van der Waals surface area contributed by atoms with Gasteiger partial charge in [-0.3, -0.25) is 4.98 Å². The number of aryl methyl sites for hydroxylation is 1. The maximum atomic E-state index is 5.82. The summed E-state index contributed by atoms with van der Waals surface area (Å²) in [7, 11) is 0. The minimum atomic E-state index is -0.0314. The second-order valence-electron chi connectivity index (χ2n) is 7.49. The molecule has 0 bridgehead atoms. The Labute approximate surface area is 183 Å². The highest BCUT2D eigenvalue weighted by atomic mass is 32.1. The molecule has 0 saturated carbocycles. The Kier molecular flexibility index (Phi) is 5.77. The van der Waals surface area contributed by atoms with Crippen LogP contribution >= 0.6 is 12.2 Å². The quantitative estimate of drug-likeness (QED) is 0.562. The van der Waals surface area contributed by atoms with E-state index in [1.54, 1.807) is 0 Å². The number of rotatable bonds is 6. The second-order valence-corrected chi connectivity index (χ2v) is 7.88. The Bertz CT molecular complexity index is 1030. The van der Waals surface area contributed by atoms with E-state index in [4.69, 9.17) is 17.0 Å². The molecule has 1 aromatic carbocycles. The number of nitrogens with one attached hydrogen (secondary N) is 1. The lowest BCUT2D eigenvalue weighted by Crippen LogP contribution is -2.29. The maximum Gasteiger partial charge on any atom is 0.174 e. The van der Waals surface area contributed by atoms with Gasteiger partial charge < -0.3 is 19.5 Å². The van der Waals surface area contributed by atoms with Crippen molar-refractivity contribution in [1.82, 2.24) is 14.9 Å². The number of benzene rings is 1. The van der Waals surface area contributed by atoms with Crippen LogP contribution in [0.15, 0.2) is 54.7 Å². The van der Waals surface area contributed by atoms with Crippen LogP contribution in [-0.2, 0) is 6.54 Å². The zero-order valence-corrected chi connectivity index (χ0v) is 18.7. The van der Waals surface area contributed by atoms with Crippen molar-refractivity contribution < 1.29 is 4.74 Å². The first-order chi connectivity index (χ1) is 14.5. The lowest BCUT2D eigenvalue weighted by molar-refractivity contribution is 0.340. The largest absolute Gasteiger partial charge is 0.494 e. The molecule has 1 N–H and O–H groups in total. The van der Waals surface area contributed by atoms with Crippen LogP contribution in [0.2, 0.25) is 0 Å². The molecular weight excluding hydrogens is 392 g/mol. The van der Waals surface area contributed by atoms with Gasteiger partial charge in [-0.25, -0.2) is 0 Å². The number of ether oxygens (including phenoxy) is 1. The van der Waals surface area contributed by atoms with Gasteiger partial charge >= 0.3 is 0 Å². The summed E-state index contributed by atoms with van der Waals surface area (Å²) < 4.78 is 7.97. The Morgan fingerprint density at radius 1 is 1.10 bits per heavy atom. The van der Waals surface area contributed by atoms with Crippen molar-refractivity contribution in [1.29, 1.82) is 0 Å². The van der Waals surface area contributed by atoms with Crippen molar-refractivity contribution in [2.24, 2.45) is 0 Å². The molecule has 0 spiro atoms. The monoisotopic (exact) mass is 420 g/mol. The number of hydrogen-bond donors (Lipinski definition) is 1. The SMILES string of the molecule is CCOc1ccc(N2C(=S)N[C@H](c3ccccn3)[C@H]2c2cc(C)n(CC)c2C)cc1. The molecule has 6 heteroatoms. The summed E-state index contributed by atoms with van der Waals surface area (Å²) in [5, 5.41) is 4.24. The summed E-state index contributed by atoms with van der Waals surface area (Å²) in [5.41, 5.74) is 5.82. The summed E-state index contributed by atoms with van der Waals surface area (Å²) >= 11 is 5.82. The summed E-state index contributed by atoms with van der Waals surface area (Å²) in [6.07, 6.45) is 1.84. The zero-order chi connectivity index (χ0) is 21.3. The first-order valence-electron chi connectivity index (χ1n) is 10.4. The molecule has 3 aromatic rings. The standard InChI is InChI=1S/C24H28N4OS/c1-5-27-16(3)15-20(17(27)4)23-22(21-9-7-8-14-25-21)26-24(30)28(23)18-10-12-19(13-11-18)29-6-2/h7-15,22-23H,5-6H2,1-4H3,(H,26,30)/t22-,23-/m1/s1. The van der Waals surface area contributed by atoms with E-state index in [0.717, 1.165) is 23.7 Å². The first kappa shape index (κ1) is 20.4. The van der Waals surface area contributed by atoms with Gasteiger partial charge in [-0.1, -0.05) is 6.07 Å². The molecule has 5 nitrogen and oxygen atoms in total. The van der Waals surface area contributed by atoms with Crippen LogP contribution in [-0.4, -0.2) is 21.3 Å². The van der Waals surface area contributed by atoms with E-state index in [-0.39, 0.29) is 12.1 Å². The second kappa shape index (κ2) is 8.48. The van der Waals surface area contributed by atoms with E-state index < -0.39 is 0 Å². The molecular formula is C24H28N4OS. The van der Waals surface area contributed by atoms with E-state index in [2.05, 4.69) is 64.8 Å². The smallest absolute Gasteiger partial charge is 0.174 e. The predicted octanol–water partition coefficient (Wildman–Crippen LogP) is 5.10. The van der Waals surface area contributed by atoms with Gasteiger partial charge in [0, 0.05) is 29.8 Å². The summed E-state index contributed by atoms with van der Waals surface area (Å²) in [5.74, 6) is 0.862. The molecule has 30 heavy (non-hydrogen) atoms. The third kappa shape index (κ3) is 3.56. The fourth-order valence-corrected chi connectivity index (χ4v) is 4.78. The van der Waals surface area contributed by atoms with E-state index in [0.29, 0.717) is 11.7 Å². The Morgan fingerprint density at radius 2 is 1.87 bits per heavy atom. The van der Waals surface area contributed by atoms with Crippen molar-refractivity contribution in [2.75, 3.05) is 11.5 Å². The van der Waals surface area contributed by atoms with Crippen LogP contribution < -0.4 is 15.0 Å². The molecule has 2 aromatic heterocycles. The first-order valence-corrected chi connectivity index (χ1v) is 10.9. The number of anilines is 1. The van der Waals surface area contributed by atoms with Gasteiger partial charge in [0.15, 0.2) is 5.11 Å². The summed E-state index contributed by atoms with van der Waals surface area (Å²) in [6, 6.07) is 16.5. The molecule has 4 rings (SSSR count). The van der Waals surface area contributed by atoms with Gasteiger partial charge in [0.1, 0.15) is 5.75 Å². The highest BCUT2D eigenvalue weighted by molar-refractivity contribution is 7.80. The fraction of sp³-hybridized carbons (Fsp3) is 0.333. The molecule has 156 valence electrons. The molecule has 1 fully saturated rings. The summed E-state index contributed by atoms with van der Waals surface area (Å²) in [4.78, 5) is 6.86. The predicted molar refractivity (Wildman–Crippen MR) is 125 cm³/mol. The fourth-order valence-electron chi connectivity index (χ4n) is 4.43. The molecule has 0 aliphatic carbocycles. The van der Waals surface area contributed by atoms with E-state index >= 15 is 0 Å². The van der Waals surface area contributed by atoms with Crippen LogP contribution in [0.1, 0.15) is 48.6 Å². The average Bonchev–Trinajstić information content (AvgIpc) is 3.24. The summed E-state index contributed by atoms with van der Waals surface area (Å²) in [6.45, 7) is 10.1. The molecule has 3 heterocycles. The molecule has 1 aliphatic heterocycles. The van der Waals surface area contributed by atoms with Crippen LogP contribution in [0.5, 0.6) is 5.75 Å². The van der Waals surface area contributed by atoms with Gasteiger partial charge in [0.2, 0.25) is 0 Å². The maximum absolute atomic E-state index is 5.82. The highest BCUT2D eigenvalue weighted by Crippen LogP contribution is 2.43. The molecule has 0 amide bonds. The molecule has 1 aliphatic rings. The molecule has 2 atom stereocenters. The van der Waals surface area contributed by atoms with Crippen molar-refractivity contribution in [3.63, 3.8) is 0 Å². The minimum absolute atomic E-state index is 0.0110. The van der Waals surface area contributed by atoms with Crippen molar-refractivity contribution >= 4 is 23.0 Å². The normalized spacial score (nSPS) is 18.5. The van der Waals surface area contributed by atoms with E-state index in [1.807, 2.05) is 37.4 Å². The van der Waals surface area contributed by atoms with E-state index in [1.165, 1.54) is 17.0 Å². The third-order valence-corrected chi connectivity index (χ3v) is 6.09. The third-order valence-electron chi connectivity index (χ3n) is 5.77. The number of pyridine rings is 1. The highest BCUT2D eigenvalue weighted by Gasteiger charge is 2.42. The van der Waals surface area contributed by atoms with Crippen LogP contribution in [0.3, 0.4) is 0 Å². The van der Waals surface area contributed by atoms with Gasteiger partial charge in [-0.15, -0.1) is 0 Å². The van der Waals surface area contributed by atoms with Crippen molar-refractivity contribution in [3.05, 3.63) is 77.4 Å². The molecule has 1 saturated heterocycles. The topological polar surface area (TPSA) is 42.3 Å². The van der Waals surface area contributed by atoms with Gasteiger partial charge in [-0.2, -0.15) is 0 Å². The van der Waals surface area contributed by atoms with Crippen LogP contribution in [0.4, 0.5) is 5.69 Å². The van der Waals surface area contributed by atoms with Gasteiger partial charge in [-0.05, 0) is 87.9 Å². The number of thiocarbonyl (C=S) groups is 1. The Hall–Kier alpha value is -2.86. The van der Waals surface area contributed by atoms with Crippen LogP contribution in [0.25, 0.3) is 0 Å². The molecule has 0 unspecified atom stereocenters. The van der Waals surface area contributed by atoms with Crippen molar-refractivity contribution in [2.45, 2.75) is 46.3 Å². The van der Waals surface area contributed by atoms with Gasteiger partial charge in [0.25, 0.3) is 0 Å². The van der Waals surface area contributed by atoms with Gasteiger partial charge in [0.05, 0.1) is 24.4 Å². The molecule has 0 radical (unpaired) electrons. The Morgan fingerprint density at radius 3 is 2.47 bits per heavy atom. The number of aromatic nitrogens is 2. The lowest BCUT2D eigenvalue weighted by Gasteiger charge is -2.28.